The van der Waals surface area contributed by atoms with Gasteiger partial charge in [-0.15, -0.1) is 23.1 Å². The first kappa shape index (κ1) is 20.9. The molecular weight excluding hydrogens is 400 g/mol. The van der Waals surface area contributed by atoms with Crippen LogP contribution >= 0.6 is 23.1 Å². The molecule has 0 aliphatic carbocycles. The van der Waals surface area contributed by atoms with Gasteiger partial charge in [-0.2, -0.15) is 0 Å². The van der Waals surface area contributed by atoms with Crippen LogP contribution in [0, 0.1) is 5.92 Å². The van der Waals surface area contributed by atoms with Gasteiger partial charge >= 0.3 is 6.09 Å². The van der Waals surface area contributed by atoms with Crippen molar-refractivity contribution in [2.75, 3.05) is 31.3 Å². The fraction of sp³-hybridized carbons (Fsp3) is 0.667. The lowest BCUT2D eigenvalue weighted by molar-refractivity contribution is -0.134. The molecule has 3 heterocycles. The molecule has 3 rings (SSSR count). The standard InChI is InChI=1S/C18H26N4O4S2/c1-18(2,3)26-17(25)22-8-12(7-19-15(23)13-9-28-10-20-13)6-14(22)16(24)21-4-5-27-11-21/h9-10,12,14H,4-8,11H2,1-3H3,(H,19,23). The molecule has 0 bridgehead atoms. The van der Waals surface area contributed by atoms with E-state index in [1.165, 1.54) is 16.2 Å². The van der Waals surface area contributed by atoms with Crippen LogP contribution in [0.15, 0.2) is 10.9 Å². The number of hydrogen-bond acceptors (Lipinski definition) is 7. The predicted molar refractivity (Wildman–Crippen MR) is 108 cm³/mol. The SMILES string of the molecule is CC(C)(C)OC(=O)N1CC(CNC(=O)c2cscn2)CC1C(=O)N1CCSC1. The maximum Gasteiger partial charge on any atom is 0.410 e. The monoisotopic (exact) mass is 426 g/mol. The molecule has 2 saturated heterocycles. The number of amides is 3. The third kappa shape index (κ3) is 5.16. The number of thiazole rings is 1. The minimum absolute atomic E-state index is 0.0145. The first-order valence-corrected chi connectivity index (χ1v) is 11.4. The van der Waals surface area contributed by atoms with E-state index in [0.717, 1.165) is 5.75 Å². The van der Waals surface area contributed by atoms with Crippen molar-refractivity contribution >= 4 is 41.0 Å². The van der Waals surface area contributed by atoms with Crippen LogP contribution < -0.4 is 5.32 Å². The number of carbonyl (C=O) groups excluding carboxylic acids is 3. The van der Waals surface area contributed by atoms with Gasteiger partial charge in [0, 0.05) is 30.8 Å². The molecular formula is C18H26N4O4S2. The fourth-order valence-electron chi connectivity index (χ4n) is 3.28. The highest BCUT2D eigenvalue weighted by Crippen LogP contribution is 2.28. The average molecular weight is 427 g/mol. The van der Waals surface area contributed by atoms with Crippen LogP contribution in [0.3, 0.4) is 0 Å². The van der Waals surface area contributed by atoms with E-state index in [4.69, 9.17) is 4.74 Å². The van der Waals surface area contributed by atoms with E-state index in [9.17, 15) is 14.4 Å². The zero-order valence-corrected chi connectivity index (χ0v) is 18.0. The van der Waals surface area contributed by atoms with Gasteiger partial charge in [0.25, 0.3) is 5.91 Å². The Balaban J connectivity index is 1.65. The first-order valence-electron chi connectivity index (χ1n) is 9.27. The summed E-state index contributed by atoms with van der Waals surface area (Å²) in [6.45, 7) is 6.88. The Morgan fingerprint density at radius 2 is 2.14 bits per heavy atom. The van der Waals surface area contributed by atoms with Gasteiger partial charge in [-0.1, -0.05) is 0 Å². The first-order chi connectivity index (χ1) is 13.2. The Morgan fingerprint density at radius 3 is 2.75 bits per heavy atom. The summed E-state index contributed by atoms with van der Waals surface area (Å²) in [4.78, 5) is 45.1. The summed E-state index contributed by atoms with van der Waals surface area (Å²) < 4.78 is 5.51. The Bertz CT molecular complexity index is 714. The Morgan fingerprint density at radius 1 is 1.36 bits per heavy atom. The van der Waals surface area contributed by atoms with Crippen LogP contribution in [-0.4, -0.2) is 75.6 Å². The molecule has 2 fully saturated rings. The quantitative estimate of drug-likeness (QED) is 0.792. The second-order valence-electron chi connectivity index (χ2n) is 7.97. The minimum Gasteiger partial charge on any atom is -0.444 e. The molecule has 1 N–H and O–H groups in total. The van der Waals surface area contributed by atoms with Gasteiger partial charge in [-0.05, 0) is 33.1 Å². The lowest BCUT2D eigenvalue weighted by atomic mass is 10.0. The van der Waals surface area contributed by atoms with Crippen LogP contribution in [0.5, 0.6) is 0 Å². The number of likely N-dealkylation sites (tertiary alicyclic amines) is 1. The number of aromatic nitrogens is 1. The van der Waals surface area contributed by atoms with Crippen molar-refractivity contribution in [3.63, 3.8) is 0 Å². The number of ether oxygens (including phenoxy) is 1. The minimum atomic E-state index is -0.634. The summed E-state index contributed by atoms with van der Waals surface area (Å²) in [6.07, 6.45) is 0.0300. The normalized spacial score (nSPS) is 22.4. The van der Waals surface area contributed by atoms with Gasteiger partial charge in [-0.25, -0.2) is 9.78 Å². The van der Waals surface area contributed by atoms with Crippen LogP contribution in [0.25, 0.3) is 0 Å². The third-order valence-corrected chi connectivity index (χ3v) is 6.13. The smallest absolute Gasteiger partial charge is 0.410 e. The molecule has 2 unspecified atom stereocenters. The maximum absolute atomic E-state index is 13.0. The number of nitrogens with zero attached hydrogens (tertiary/aromatic N) is 3. The van der Waals surface area contributed by atoms with Crippen LogP contribution in [0.4, 0.5) is 4.79 Å². The molecule has 2 aliphatic heterocycles. The molecule has 3 amide bonds. The number of nitrogens with one attached hydrogen (secondary N) is 1. The second-order valence-corrected chi connectivity index (χ2v) is 9.77. The highest BCUT2D eigenvalue weighted by Gasteiger charge is 2.43. The van der Waals surface area contributed by atoms with Gasteiger partial charge in [0.2, 0.25) is 5.91 Å². The van der Waals surface area contributed by atoms with Crippen molar-refractivity contribution < 1.29 is 19.1 Å². The molecule has 1 aromatic rings. The molecule has 0 spiro atoms. The van der Waals surface area contributed by atoms with E-state index < -0.39 is 17.7 Å². The molecule has 2 aliphatic rings. The van der Waals surface area contributed by atoms with E-state index in [2.05, 4.69) is 10.3 Å². The molecule has 2 atom stereocenters. The molecule has 28 heavy (non-hydrogen) atoms. The maximum atomic E-state index is 13.0. The Labute approximate surface area is 173 Å². The van der Waals surface area contributed by atoms with Crippen LogP contribution in [0.2, 0.25) is 0 Å². The van der Waals surface area contributed by atoms with E-state index in [0.29, 0.717) is 37.6 Å². The molecule has 0 saturated carbocycles. The lowest BCUT2D eigenvalue weighted by Gasteiger charge is -2.29. The topological polar surface area (TPSA) is 91.8 Å². The van der Waals surface area contributed by atoms with Crippen LogP contribution in [0.1, 0.15) is 37.7 Å². The summed E-state index contributed by atoms with van der Waals surface area (Å²) in [6, 6.07) is -0.547. The lowest BCUT2D eigenvalue weighted by Crippen LogP contribution is -2.48. The fourth-order valence-corrected chi connectivity index (χ4v) is 4.77. The predicted octanol–water partition coefficient (Wildman–Crippen LogP) is 2.03. The zero-order chi connectivity index (χ0) is 20.3. The van der Waals surface area contributed by atoms with Crippen molar-refractivity contribution in [3.05, 3.63) is 16.6 Å². The second kappa shape index (κ2) is 8.69. The Hall–Kier alpha value is -1.81. The Kier molecular flexibility index (Phi) is 6.49. The molecule has 1 aromatic heterocycles. The largest absolute Gasteiger partial charge is 0.444 e. The van der Waals surface area contributed by atoms with Gasteiger partial charge < -0.3 is 15.0 Å². The van der Waals surface area contributed by atoms with E-state index >= 15 is 0 Å². The van der Waals surface area contributed by atoms with Crippen molar-refractivity contribution in [1.29, 1.82) is 0 Å². The summed E-state index contributed by atoms with van der Waals surface area (Å²) in [7, 11) is 0. The molecule has 8 nitrogen and oxygen atoms in total. The molecule has 0 aromatic carbocycles. The third-order valence-electron chi connectivity index (χ3n) is 4.58. The number of hydrogen-bond donors (Lipinski definition) is 1. The molecule has 10 heteroatoms. The number of carbonyl (C=O) groups is 3. The summed E-state index contributed by atoms with van der Waals surface area (Å²) in [5.41, 5.74) is 1.36. The van der Waals surface area contributed by atoms with Crippen LogP contribution in [-0.2, 0) is 9.53 Å². The van der Waals surface area contributed by atoms with Crippen molar-refractivity contribution in [3.8, 4) is 0 Å². The van der Waals surface area contributed by atoms with Gasteiger partial charge in [0.05, 0.1) is 11.4 Å². The van der Waals surface area contributed by atoms with Gasteiger partial charge in [-0.3, -0.25) is 14.5 Å². The average Bonchev–Trinajstić information content (AvgIpc) is 3.39. The summed E-state index contributed by atoms with van der Waals surface area (Å²) in [5.74, 6) is 1.28. The van der Waals surface area contributed by atoms with Crippen molar-refractivity contribution in [2.24, 2.45) is 5.92 Å². The van der Waals surface area contributed by atoms with E-state index in [-0.39, 0.29) is 17.7 Å². The highest BCUT2D eigenvalue weighted by molar-refractivity contribution is 7.99. The summed E-state index contributed by atoms with van der Waals surface area (Å²) in [5, 5.41) is 4.55. The van der Waals surface area contributed by atoms with Crippen molar-refractivity contribution in [1.82, 2.24) is 20.1 Å². The highest BCUT2D eigenvalue weighted by atomic mass is 32.2. The summed E-state index contributed by atoms with van der Waals surface area (Å²) >= 11 is 3.07. The van der Waals surface area contributed by atoms with Crippen molar-refractivity contribution in [2.45, 2.75) is 38.8 Å². The van der Waals surface area contributed by atoms with E-state index in [1.54, 1.807) is 48.3 Å². The number of thioether (sulfide) groups is 1. The number of rotatable bonds is 4. The molecule has 0 radical (unpaired) electrons. The van der Waals surface area contributed by atoms with Gasteiger partial charge in [0.15, 0.2) is 0 Å². The zero-order valence-electron chi connectivity index (χ0n) is 16.3. The molecule has 154 valence electrons. The van der Waals surface area contributed by atoms with E-state index in [1.807, 2.05) is 0 Å². The van der Waals surface area contributed by atoms with Gasteiger partial charge in [0.1, 0.15) is 17.3 Å².